The largest absolute Gasteiger partial charge is 0.493 e. The summed E-state index contributed by atoms with van der Waals surface area (Å²) in [4.78, 5) is 22.3. The van der Waals surface area contributed by atoms with Crippen molar-refractivity contribution in [3.05, 3.63) is 53.9 Å². The first-order chi connectivity index (χ1) is 16.7. The third kappa shape index (κ3) is 4.50. The third-order valence-electron chi connectivity index (χ3n) is 6.70. The molecule has 1 aromatic heterocycles. The van der Waals surface area contributed by atoms with E-state index in [9.17, 15) is 4.79 Å². The van der Waals surface area contributed by atoms with Gasteiger partial charge in [0.2, 0.25) is 17.6 Å². The van der Waals surface area contributed by atoms with E-state index in [4.69, 9.17) is 14.0 Å². The van der Waals surface area contributed by atoms with Gasteiger partial charge in [0.05, 0.1) is 26.7 Å². The van der Waals surface area contributed by atoms with E-state index in [1.807, 2.05) is 29.2 Å². The maximum Gasteiger partial charge on any atom is 0.241 e. The van der Waals surface area contributed by atoms with Gasteiger partial charge in [-0.3, -0.25) is 9.69 Å². The molecule has 3 heterocycles. The summed E-state index contributed by atoms with van der Waals surface area (Å²) in [5, 5.41) is 4.15. The highest BCUT2D eigenvalue weighted by atomic mass is 16.5. The van der Waals surface area contributed by atoms with Gasteiger partial charge in [-0.2, -0.15) is 4.98 Å². The van der Waals surface area contributed by atoms with Crippen LogP contribution in [-0.4, -0.2) is 54.8 Å². The monoisotopic (exact) mass is 462 g/mol. The summed E-state index contributed by atoms with van der Waals surface area (Å²) in [6, 6.07) is 13.8. The number of likely N-dealkylation sites (tertiary alicyclic amines) is 1. The number of hydrogen-bond acceptors (Lipinski definition) is 7. The van der Waals surface area contributed by atoms with Gasteiger partial charge in [0.25, 0.3) is 0 Å². The van der Waals surface area contributed by atoms with Crippen molar-refractivity contribution in [3.8, 4) is 22.9 Å². The molecule has 0 bridgehead atoms. The number of anilines is 1. The van der Waals surface area contributed by atoms with E-state index in [2.05, 4.69) is 33.2 Å². The van der Waals surface area contributed by atoms with E-state index < -0.39 is 0 Å². The predicted molar refractivity (Wildman–Crippen MR) is 128 cm³/mol. The van der Waals surface area contributed by atoms with E-state index in [0.717, 1.165) is 50.0 Å². The molecule has 178 valence electrons. The van der Waals surface area contributed by atoms with Crippen molar-refractivity contribution in [2.45, 2.75) is 32.2 Å². The normalized spacial score (nSPS) is 18.4. The second-order valence-electron chi connectivity index (χ2n) is 8.88. The Kier molecular flexibility index (Phi) is 6.49. The molecule has 1 fully saturated rings. The van der Waals surface area contributed by atoms with Gasteiger partial charge in [-0.15, -0.1) is 0 Å². The van der Waals surface area contributed by atoms with Gasteiger partial charge in [0.15, 0.2) is 11.5 Å². The van der Waals surface area contributed by atoms with Crippen LogP contribution in [-0.2, 0) is 17.8 Å². The van der Waals surface area contributed by atoms with Gasteiger partial charge >= 0.3 is 0 Å². The topological polar surface area (TPSA) is 80.9 Å². The Balaban J connectivity index is 1.25. The lowest BCUT2D eigenvalue weighted by molar-refractivity contribution is -0.124. The van der Waals surface area contributed by atoms with Crippen molar-refractivity contribution in [1.82, 2.24) is 15.0 Å². The fraction of sp³-hybridized carbons (Fsp3) is 0.423. The number of carbonyl (C=O) groups excluding carboxylic acids is 1. The summed E-state index contributed by atoms with van der Waals surface area (Å²) in [5.41, 5.74) is 3.14. The summed E-state index contributed by atoms with van der Waals surface area (Å²) in [5.74, 6) is 2.52. The lowest BCUT2D eigenvalue weighted by atomic mass is 9.94. The summed E-state index contributed by atoms with van der Waals surface area (Å²) < 4.78 is 16.2. The highest BCUT2D eigenvalue weighted by molar-refractivity contribution is 5.96. The first-order valence-electron chi connectivity index (χ1n) is 11.8. The van der Waals surface area contributed by atoms with Crippen LogP contribution in [0, 0.1) is 5.92 Å². The lowest BCUT2D eigenvalue weighted by Crippen LogP contribution is -2.46. The molecule has 0 saturated carbocycles. The molecule has 0 radical (unpaired) electrons. The molecule has 1 amide bonds. The molecule has 0 unspecified atom stereocenters. The zero-order chi connectivity index (χ0) is 23.5. The van der Waals surface area contributed by atoms with E-state index in [1.54, 1.807) is 14.2 Å². The minimum atomic E-state index is -0.0202. The molecule has 1 atom stereocenters. The van der Waals surface area contributed by atoms with Gasteiger partial charge in [-0.1, -0.05) is 23.4 Å². The molecule has 5 rings (SSSR count). The highest BCUT2D eigenvalue weighted by Gasteiger charge is 2.32. The number of piperidine rings is 1. The number of fused-ring (bicyclic) bond motifs is 1. The van der Waals surface area contributed by atoms with Crippen LogP contribution in [0.3, 0.4) is 0 Å². The number of amides is 1. The van der Waals surface area contributed by atoms with E-state index in [0.29, 0.717) is 36.3 Å². The van der Waals surface area contributed by atoms with Crippen LogP contribution in [0.25, 0.3) is 11.4 Å². The predicted octanol–water partition coefficient (Wildman–Crippen LogP) is 3.95. The van der Waals surface area contributed by atoms with Gasteiger partial charge in [-0.05, 0) is 62.1 Å². The summed E-state index contributed by atoms with van der Waals surface area (Å²) >= 11 is 0. The zero-order valence-corrected chi connectivity index (χ0v) is 19.7. The van der Waals surface area contributed by atoms with Crippen molar-refractivity contribution in [1.29, 1.82) is 0 Å². The highest BCUT2D eigenvalue weighted by Crippen LogP contribution is 2.32. The maximum absolute atomic E-state index is 13.4. The van der Waals surface area contributed by atoms with E-state index in [1.165, 1.54) is 5.56 Å². The number of aromatic nitrogens is 2. The lowest BCUT2D eigenvalue weighted by Gasteiger charge is -2.36. The fourth-order valence-corrected chi connectivity index (χ4v) is 4.99. The quantitative estimate of drug-likeness (QED) is 0.549. The molecule has 0 aliphatic carbocycles. The number of rotatable bonds is 6. The first kappa shape index (κ1) is 22.4. The Labute approximate surface area is 199 Å². The van der Waals surface area contributed by atoms with Crippen molar-refractivity contribution in [2.24, 2.45) is 5.92 Å². The zero-order valence-electron chi connectivity index (χ0n) is 19.7. The van der Waals surface area contributed by atoms with Gasteiger partial charge in [0.1, 0.15) is 0 Å². The molecule has 0 spiro atoms. The Morgan fingerprint density at radius 2 is 1.94 bits per heavy atom. The van der Waals surface area contributed by atoms with Crippen molar-refractivity contribution in [3.63, 3.8) is 0 Å². The third-order valence-corrected chi connectivity index (χ3v) is 6.70. The molecule has 8 nitrogen and oxygen atoms in total. The number of benzene rings is 2. The Morgan fingerprint density at radius 3 is 2.79 bits per heavy atom. The fourth-order valence-electron chi connectivity index (χ4n) is 4.99. The number of methoxy groups -OCH3 is 2. The smallest absolute Gasteiger partial charge is 0.241 e. The second-order valence-corrected chi connectivity index (χ2v) is 8.88. The average molecular weight is 463 g/mol. The van der Waals surface area contributed by atoms with E-state index in [-0.39, 0.29) is 11.8 Å². The van der Waals surface area contributed by atoms with Crippen molar-refractivity contribution < 1.29 is 18.8 Å². The minimum Gasteiger partial charge on any atom is -0.493 e. The van der Waals surface area contributed by atoms with Crippen LogP contribution in [0.4, 0.5) is 5.69 Å². The molecule has 0 N–H and O–H groups in total. The Morgan fingerprint density at radius 1 is 1.09 bits per heavy atom. The molecule has 2 aliphatic heterocycles. The molecule has 3 aromatic rings. The number of ether oxygens (including phenoxy) is 2. The van der Waals surface area contributed by atoms with Gasteiger partial charge < -0.3 is 18.9 Å². The van der Waals surface area contributed by atoms with Crippen LogP contribution in [0.5, 0.6) is 11.5 Å². The Hall–Kier alpha value is -3.39. The number of hydrogen-bond donors (Lipinski definition) is 0. The van der Waals surface area contributed by atoms with Gasteiger partial charge in [-0.25, -0.2) is 0 Å². The van der Waals surface area contributed by atoms with Crippen molar-refractivity contribution in [2.75, 3.05) is 38.8 Å². The minimum absolute atomic E-state index is 0.0202. The molecule has 1 saturated heterocycles. The molecule has 2 aromatic carbocycles. The number of aryl methyl sites for hydroxylation is 1. The first-order valence-corrected chi connectivity index (χ1v) is 11.8. The summed E-state index contributed by atoms with van der Waals surface area (Å²) in [6.07, 6.45) is 3.94. The maximum atomic E-state index is 13.4. The number of nitrogens with zero attached hydrogens (tertiary/aromatic N) is 4. The van der Waals surface area contributed by atoms with Crippen LogP contribution in [0.15, 0.2) is 47.0 Å². The van der Waals surface area contributed by atoms with Crippen LogP contribution < -0.4 is 14.4 Å². The Bertz CT molecular complexity index is 1160. The average Bonchev–Trinajstić information content (AvgIpc) is 3.36. The van der Waals surface area contributed by atoms with Crippen LogP contribution in [0.1, 0.15) is 30.7 Å². The van der Waals surface area contributed by atoms with Crippen LogP contribution >= 0.6 is 0 Å². The standard InChI is InChI=1S/C26H30N4O4/c1-32-22-12-11-19(15-23(22)33-2)25-27-24(34-28-25)17-29-13-5-9-20(16-29)26(31)30-14-6-8-18-7-3-4-10-21(18)30/h3-4,7,10-12,15,20H,5-6,8-9,13-14,16-17H2,1-2H3/t20-/m0/s1. The molecule has 34 heavy (non-hydrogen) atoms. The summed E-state index contributed by atoms with van der Waals surface area (Å²) in [7, 11) is 3.20. The number of carbonyl (C=O) groups is 1. The number of para-hydroxylation sites is 1. The molecule has 2 aliphatic rings. The molecule has 8 heteroatoms. The molecular weight excluding hydrogens is 432 g/mol. The molecular formula is C26H30N4O4. The van der Waals surface area contributed by atoms with E-state index >= 15 is 0 Å². The summed E-state index contributed by atoms with van der Waals surface area (Å²) in [6.45, 7) is 2.94. The second kappa shape index (κ2) is 9.85. The van der Waals surface area contributed by atoms with Gasteiger partial charge in [0, 0.05) is 24.3 Å². The van der Waals surface area contributed by atoms with Crippen LogP contribution in [0.2, 0.25) is 0 Å². The van der Waals surface area contributed by atoms with Crippen molar-refractivity contribution >= 4 is 11.6 Å². The SMILES string of the molecule is COc1ccc(-c2noc(CN3CCC[C@H](C(=O)N4CCCc5ccccc54)C3)n2)cc1OC.